The van der Waals surface area contributed by atoms with Crippen LogP contribution in [0.5, 0.6) is 0 Å². The predicted octanol–water partition coefficient (Wildman–Crippen LogP) is 2.32. The van der Waals surface area contributed by atoms with Crippen LogP contribution in [0.15, 0.2) is 29.2 Å². The van der Waals surface area contributed by atoms with Crippen LogP contribution in [0.2, 0.25) is 0 Å². The van der Waals surface area contributed by atoms with Crippen molar-refractivity contribution in [3.8, 4) is 0 Å². The van der Waals surface area contributed by atoms with Crippen LogP contribution >= 0.6 is 12.0 Å². The van der Waals surface area contributed by atoms with Gasteiger partial charge in [-0.25, -0.2) is 9.65 Å². The van der Waals surface area contributed by atoms with Crippen LogP contribution < -0.4 is 0 Å². The van der Waals surface area contributed by atoms with Crippen molar-refractivity contribution in [2.24, 2.45) is 0 Å². The molecule has 1 rings (SSSR count). The zero-order valence-electron chi connectivity index (χ0n) is 4.95. The Morgan fingerprint density at radius 1 is 1.30 bits per heavy atom. The van der Waals surface area contributed by atoms with Gasteiger partial charge in [-0.1, -0.05) is 0 Å². The Labute approximate surface area is 61.8 Å². The highest BCUT2D eigenvalue weighted by atomic mass is 32.2. The zero-order valence-corrected chi connectivity index (χ0v) is 5.77. The number of hydrogen-bond donors (Lipinski definition) is 1. The Morgan fingerprint density at radius 3 is 2.40 bits per heavy atom. The molecule has 54 valence electrons. The fourth-order valence-electron chi connectivity index (χ4n) is 0.533. The molecule has 0 saturated carbocycles. The van der Waals surface area contributed by atoms with Gasteiger partial charge in [0.25, 0.3) is 0 Å². The molecule has 0 aliphatic carbocycles. The van der Waals surface area contributed by atoms with Crippen LogP contribution in [0.4, 0.5) is 4.39 Å². The third kappa shape index (κ3) is 1.98. The van der Waals surface area contributed by atoms with Crippen LogP contribution in [-0.4, -0.2) is 5.26 Å². The summed E-state index contributed by atoms with van der Waals surface area (Å²) >= 11 is 0.773. The third-order valence-corrected chi connectivity index (χ3v) is 1.49. The molecule has 0 atom stereocenters. The smallest absolute Gasteiger partial charge is 0.123 e. The molecule has 0 unspecified atom stereocenters. The third-order valence-electron chi connectivity index (χ3n) is 0.947. The number of halogens is 1. The molecule has 0 radical (unpaired) electrons. The van der Waals surface area contributed by atoms with E-state index in [-0.39, 0.29) is 5.82 Å². The molecule has 0 fully saturated rings. The summed E-state index contributed by atoms with van der Waals surface area (Å²) in [6, 6.07) is 5.61. The lowest BCUT2D eigenvalue weighted by Gasteiger charge is -1.93. The standard InChI is InChI=1S/C6H5FO2S/c7-5-1-3-6(4-2-5)10-9-8/h1-4,8H. The molecule has 1 aromatic rings. The predicted molar refractivity (Wildman–Crippen MR) is 36.0 cm³/mol. The summed E-state index contributed by atoms with van der Waals surface area (Å²) in [5.74, 6) is -0.303. The van der Waals surface area contributed by atoms with Crippen molar-refractivity contribution in [3.63, 3.8) is 0 Å². The fraction of sp³-hybridized carbons (Fsp3) is 0. The molecule has 0 aliphatic heterocycles. The monoisotopic (exact) mass is 160 g/mol. The van der Waals surface area contributed by atoms with Crippen molar-refractivity contribution in [1.82, 2.24) is 0 Å². The van der Waals surface area contributed by atoms with Gasteiger partial charge in [0.05, 0.1) is 12.0 Å². The Balaban J connectivity index is 2.69. The van der Waals surface area contributed by atoms with E-state index in [1.807, 2.05) is 0 Å². The van der Waals surface area contributed by atoms with Crippen LogP contribution in [0.25, 0.3) is 0 Å². The maximum Gasteiger partial charge on any atom is 0.123 e. The molecule has 10 heavy (non-hydrogen) atoms. The van der Waals surface area contributed by atoms with Gasteiger partial charge in [-0.2, -0.15) is 4.33 Å². The van der Waals surface area contributed by atoms with Crippen LogP contribution in [-0.2, 0) is 4.33 Å². The molecule has 0 bridgehead atoms. The lowest BCUT2D eigenvalue weighted by molar-refractivity contribution is -0.116. The number of rotatable bonds is 2. The van der Waals surface area contributed by atoms with Gasteiger partial charge in [-0.15, -0.1) is 0 Å². The number of hydrogen-bond acceptors (Lipinski definition) is 3. The molecular weight excluding hydrogens is 155 g/mol. The summed E-state index contributed by atoms with van der Waals surface area (Å²) in [4.78, 5) is 0.656. The molecule has 2 nitrogen and oxygen atoms in total. The molecule has 0 heterocycles. The van der Waals surface area contributed by atoms with Crippen molar-refractivity contribution in [3.05, 3.63) is 30.1 Å². The van der Waals surface area contributed by atoms with Crippen molar-refractivity contribution in [2.75, 3.05) is 0 Å². The average Bonchev–Trinajstić information content (AvgIpc) is 1.95. The highest BCUT2D eigenvalue weighted by Gasteiger charge is 1.92. The Hall–Kier alpha value is -0.580. The summed E-state index contributed by atoms with van der Waals surface area (Å²) in [6.07, 6.45) is 0. The zero-order chi connectivity index (χ0) is 7.40. The molecule has 0 aliphatic rings. The maximum absolute atomic E-state index is 12.2. The van der Waals surface area contributed by atoms with Gasteiger partial charge in [-0.3, -0.25) is 0 Å². The van der Waals surface area contributed by atoms with Crippen molar-refractivity contribution in [2.45, 2.75) is 4.90 Å². The van der Waals surface area contributed by atoms with Gasteiger partial charge in [-0.05, 0) is 24.3 Å². The van der Waals surface area contributed by atoms with E-state index in [0.717, 1.165) is 12.0 Å². The summed E-state index contributed by atoms with van der Waals surface area (Å²) in [5, 5.41) is 7.96. The minimum Gasteiger partial charge on any atom is -0.239 e. The van der Waals surface area contributed by atoms with E-state index < -0.39 is 0 Å². The highest BCUT2D eigenvalue weighted by molar-refractivity contribution is 7.94. The maximum atomic E-state index is 12.2. The molecular formula is C6H5FO2S. The van der Waals surface area contributed by atoms with Gasteiger partial charge >= 0.3 is 0 Å². The second kappa shape index (κ2) is 3.55. The minimum absolute atomic E-state index is 0.303. The first-order valence-corrected chi connectivity index (χ1v) is 3.31. The normalized spacial score (nSPS) is 9.80. The average molecular weight is 160 g/mol. The van der Waals surface area contributed by atoms with E-state index >= 15 is 0 Å². The van der Waals surface area contributed by atoms with Crippen LogP contribution in [0.3, 0.4) is 0 Å². The number of benzene rings is 1. The molecule has 0 aromatic heterocycles. The lowest BCUT2D eigenvalue weighted by atomic mass is 10.4. The van der Waals surface area contributed by atoms with Crippen molar-refractivity contribution < 1.29 is 14.0 Å². The van der Waals surface area contributed by atoms with Gasteiger partial charge < -0.3 is 0 Å². The van der Waals surface area contributed by atoms with Crippen LogP contribution in [0, 0.1) is 5.82 Å². The van der Waals surface area contributed by atoms with Gasteiger partial charge in [0.15, 0.2) is 0 Å². The Bertz CT molecular complexity index is 199. The van der Waals surface area contributed by atoms with Crippen molar-refractivity contribution in [1.29, 1.82) is 0 Å². The first-order valence-electron chi connectivity index (χ1n) is 2.56. The lowest BCUT2D eigenvalue weighted by Crippen LogP contribution is -1.74. The fourth-order valence-corrected chi connectivity index (χ4v) is 0.866. The second-order valence-corrected chi connectivity index (χ2v) is 2.40. The highest BCUT2D eigenvalue weighted by Crippen LogP contribution is 2.17. The topological polar surface area (TPSA) is 29.5 Å². The molecule has 4 heteroatoms. The van der Waals surface area contributed by atoms with Gasteiger partial charge in [0.2, 0.25) is 0 Å². The summed E-state index contributed by atoms with van der Waals surface area (Å²) < 4.78 is 16.0. The summed E-state index contributed by atoms with van der Waals surface area (Å²) in [6.45, 7) is 0. The van der Waals surface area contributed by atoms with Gasteiger partial charge in [0.1, 0.15) is 5.82 Å². The molecule has 0 saturated heterocycles. The van der Waals surface area contributed by atoms with E-state index in [9.17, 15) is 4.39 Å². The van der Waals surface area contributed by atoms with Crippen LogP contribution in [0.1, 0.15) is 0 Å². The minimum atomic E-state index is -0.303. The Morgan fingerprint density at radius 2 is 1.90 bits per heavy atom. The van der Waals surface area contributed by atoms with E-state index in [4.69, 9.17) is 5.26 Å². The van der Waals surface area contributed by atoms with Gasteiger partial charge in [0, 0.05) is 4.90 Å². The molecule has 0 amide bonds. The second-order valence-electron chi connectivity index (χ2n) is 1.61. The largest absolute Gasteiger partial charge is 0.239 e. The molecule has 1 N–H and O–H groups in total. The summed E-state index contributed by atoms with van der Waals surface area (Å²) in [5.41, 5.74) is 0. The van der Waals surface area contributed by atoms with E-state index in [2.05, 4.69) is 4.33 Å². The quantitative estimate of drug-likeness (QED) is 0.409. The first kappa shape index (κ1) is 7.53. The first-order chi connectivity index (χ1) is 4.83. The molecule has 1 aromatic carbocycles. The van der Waals surface area contributed by atoms with E-state index in [1.165, 1.54) is 24.3 Å². The van der Waals surface area contributed by atoms with E-state index in [0.29, 0.717) is 4.90 Å². The summed E-state index contributed by atoms with van der Waals surface area (Å²) in [7, 11) is 0. The molecule has 0 spiro atoms. The SMILES string of the molecule is OOSc1ccc(F)cc1. The van der Waals surface area contributed by atoms with Crippen molar-refractivity contribution >= 4 is 12.0 Å². The Kier molecular flexibility index (Phi) is 2.68. The van der Waals surface area contributed by atoms with E-state index in [1.54, 1.807) is 0 Å².